The Kier molecular flexibility index (Phi) is 4.02. The smallest absolute Gasteiger partial charge is 0.305 e. The molecule has 1 aromatic heterocycles. The lowest BCUT2D eigenvalue weighted by Crippen LogP contribution is -2.40. The van der Waals surface area contributed by atoms with E-state index in [0.29, 0.717) is 0 Å². The van der Waals surface area contributed by atoms with E-state index in [1.54, 1.807) is 0 Å². The number of nitrogen functional groups attached to an aromatic ring is 1. The van der Waals surface area contributed by atoms with Gasteiger partial charge in [-0.25, -0.2) is 0 Å². The van der Waals surface area contributed by atoms with Gasteiger partial charge in [0.1, 0.15) is 0 Å². The van der Waals surface area contributed by atoms with Crippen LogP contribution in [0.4, 0.5) is 5.95 Å². The molecule has 0 aliphatic carbocycles. The van der Waals surface area contributed by atoms with Gasteiger partial charge in [-0.15, -0.1) is 5.10 Å². The molecule has 0 fully saturated rings. The van der Waals surface area contributed by atoms with E-state index in [-0.39, 0.29) is 24.1 Å². The van der Waals surface area contributed by atoms with Crippen LogP contribution in [0.3, 0.4) is 0 Å². The molecule has 0 aromatic carbocycles. The molecule has 1 heterocycles. The number of aliphatic carboxylic acids is 1. The van der Waals surface area contributed by atoms with Crippen LogP contribution < -0.4 is 11.1 Å². The molecule has 0 saturated carbocycles. The first-order valence-electron chi connectivity index (χ1n) is 5.10. The minimum atomic E-state index is -0.971. The Balaban J connectivity index is 2.67. The highest BCUT2D eigenvalue weighted by Crippen LogP contribution is 2.07. The van der Waals surface area contributed by atoms with Gasteiger partial charge in [0.25, 0.3) is 5.91 Å². The second-order valence-corrected chi connectivity index (χ2v) is 3.96. The Morgan fingerprint density at radius 2 is 2.18 bits per heavy atom. The number of carboxylic acid groups (broad SMARTS) is 1. The van der Waals surface area contributed by atoms with Crippen molar-refractivity contribution in [2.75, 3.05) is 5.73 Å². The van der Waals surface area contributed by atoms with Crippen LogP contribution in [0.5, 0.6) is 0 Å². The van der Waals surface area contributed by atoms with E-state index in [2.05, 4.69) is 20.5 Å². The van der Waals surface area contributed by atoms with Gasteiger partial charge in [-0.1, -0.05) is 13.8 Å². The Labute approximate surface area is 97.6 Å². The lowest BCUT2D eigenvalue weighted by atomic mass is 10.0. The molecule has 8 nitrogen and oxygen atoms in total. The fourth-order valence-electron chi connectivity index (χ4n) is 1.25. The zero-order chi connectivity index (χ0) is 13.0. The van der Waals surface area contributed by atoms with Crippen molar-refractivity contribution in [2.45, 2.75) is 26.3 Å². The van der Waals surface area contributed by atoms with Gasteiger partial charge in [-0.05, 0) is 5.92 Å². The molecule has 0 aliphatic heterocycles. The quantitative estimate of drug-likeness (QED) is 0.555. The maximum Gasteiger partial charge on any atom is 0.305 e. The Morgan fingerprint density at radius 3 is 2.59 bits per heavy atom. The summed E-state index contributed by atoms with van der Waals surface area (Å²) in [6.07, 6.45) is -0.146. The number of amides is 1. The van der Waals surface area contributed by atoms with E-state index in [4.69, 9.17) is 10.8 Å². The number of aromatic nitrogens is 3. The summed E-state index contributed by atoms with van der Waals surface area (Å²) in [6, 6.07) is -0.466. The Hall–Kier alpha value is -2.12. The molecule has 1 amide bonds. The fraction of sp³-hybridized carbons (Fsp3) is 0.556. The Morgan fingerprint density at radius 1 is 1.53 bits per heavy atom. The van der Waals surface area contributed by atoms with Gasteiger partial charge >= 0.3 is 5.97 Å². The number of aromatic amines is 1. The maximum absolute atomic E-state index is 11.7. The van der Waals surface area contributed by atoms with Gasteiger partial charge in [-0.3, -0.25) is 14.7 Å². The number of nitrogens with zero attached hydrogens (tertiary/aromatic N) is 2. The largest absolute Gasteiger partial charge is 0.481 e. The number of rotatable bonds is 5. The van der Waals surface area contributed by atoms with Gasteiger partial charge in [0.15, 0.2) is 0 Å². The molecule has 0 saturated heterocycles. The van der Waals surface area contributed by atoms with Crippen LogP contribution in [0.15, 0.2) is 0 Å². The Bertz CT molecular complexity index is 415. The highest BCUT2D eigenvalue weighted by molar-refractivity contribution is 5.91. The number of H-pyrrole nitrogens is 1. The minimum Gasteiger partial charge on any atom is -0.481 e. The molecule has 5 N–H and O–H groups in total. The molecule has 94 valence electrons. The molecule has 0 aliphatic rings. The van der Waals surface area contributed by atoms with Crippen molar-refractivity contribution >= 4 is 17.8 Å². The van der Waals surface area contributed by atoms with Crippen molar-refractivity contribution in [1.82, 2.24) is 20.5 Å². The molecular formula is C9H15N5O3. The standard InChI is InChI=1S/C9H15N5O3/c1-4(2)5(3-6(15)16)11-8(17)7-12-9(10)14-13-7/h4-5H,3H2,1-2H3,(H,11,17)(H,15,16)(H3,10,12,13,14). The second-order valence-electron chi connectivity index (χ2n) is 3.96. The van der Waals surface area contributed by atoms with Crippen LogP contribution in [0, 0.1) is 5.92 Å². The first-order valence-corrected chi connectivity index (χ1v) is 5.10. The third-order valence-corrected chi connectivity index (χ3v) is 2.23. The normalized spacial score (nSPS) is 12.4. The predicted octanol–water partition coefficient (Wildman–Crippen LogP) is -0.384. The number of carbonyl (C=O) groups excluding carboxylic acids is 1. The number of nitrogens with one attached hydrogen (secondary N) is 2. The summed E-state index contributed by atoms with van der Waals surface area (Å²) < 4.78 is 0. The van der Waals surface area contributed by atoms with Crippen LogP contribution >= 0.6 is 0 Å². The van der Waals surface area contributed by atoms with Crippen molar-refractivity contribution < 1.29 is 14.7 Å². The molecular weight excluding hydrogens is 226 g/mol. The van der Waals surface area contributed by atoms with E-state index in [1.807, 2.05) is 13.8 Å². The molecule has 1 aromatic rings. The van der Waals surface area contributed by atoms with E-state index >= 15 is 0 Å². The zero-order valence-corrected chi connectivity index (χ0v) is 9.60. The monoisotopic (exact) mass is 241 g/mol. The van der Waals surface area contributed by atoms with Crippen LogP contribution in [0.1, 0.15) is 30.9 Å². The average Bonchev–Trinajstić information content (AvgIpc) is 2.63. The van der Waals surface area contributed by atoms with E-state index in [1.165, 1.54) is 0 Å². The molecule has 0 spiro atoms. The lowest BCUT2D eigenvalue weighted by Gasteiger charge is -2.19. The van der Waals surface area contributed by atoms with E-state index in [0.717, 1.165) is 0 Å². The lowest BCUT2D eigenvalue weighted by molar-refractivity contribution is -0.137. The number of nitrogens with two attached hydrogens (primary N) is 1. The van der Waals surface area contributed by atoms with Gasteiger partial charge < -0.3 is 16.2 Å². The summed E-state index contributed by atoms with van der Waals surface area (Å²) in [5.41, 5.74) is 5.26. The van der Waals surface area contributed by atoms with Crippen LogP contribution in [-0.4, -0.2) is 38.2 Å². The summed E-state index contributed by atoms with van der Waals surface area (Å²) in [7, 11) is 0. The minimum absolute atomic E-state index is 0.00433. The molecule has 1 unspecified atom stereocenters. The maximum atomic E-state index is 11.7. The SMILES string of the molecule is CC(C)C(CC(=O)O)NC(=O)c1nc(N)n[nH]1. The van der Waals surface area contributed by atoms with Crippen LogP contribution in [-0.2, 0) is 4.79 Å². The second kappa shape index (κ2) is 5.28. The summed E-state index contributed by atoms with van der Waals surface area (Å²) in [4.78, 5) is 25.9. The summed E-state index contributed by atoms with van der Waals surface area (Å²) in [5, 5.41) is 17.2. The number of carboxylic acids is 1. The fourth-order valence-corrected chi connectivity index (χ4v) is 1.25. The van der Waals surface area contributed by atoms with Crippen molar-refractivity contribution in [1.29, 1.82) is 0 Å². The highest BCUT2D eigenvalue weighted by atomic mass is 16.4. The third kappa shape index (κ3) is 3.74. The number of hydrogen-bond acceptors (Lipinski definition) is 5. The number of hydrogen-bond donors (Lipinski definition) is 4. The first kappa shape index (κ1) is 12.9. The summed E-state index contributed by atoms with van der Waals surface area (Å²) in [6.45, 7) is 3.64. The number of anilines is 1. The van der Waals surface area contributed by atoms with Gasteiger partial charge in [0.2, 0.25) is 11.8 Å². The highest BCUT2D eigenvalue weighted by Gasteiger charge is 2.21. The third-order valence-electron chi connectivity index (χ3n) is 2.23. The van der Waals surface area contributed by atoms with Crippen LogP contribution in [0.25, 0.3) is 0 Å². The van der Waals surface area contributed by atoms with Gasteiger partial charge in [0.05, 0.1) is 6.42 Å². The topological polar surface area (TPSA) is 134 Å². The van der Waals surface area contributed by atoms with E-state index < -0.39 is 17.9 Å². The number of carbonyl (C=O) groups is 2. The average molecular weight is 241 g/mol. The summed E-state index contributed by atoms with van der Waals surface area (Å²) in [5.74, 6) is -1.56. The van der Waals surface area contributed by atoms with E-state index in [9.17, 15) is 9.59 Å². The van der Waals surface area contributed by atoms with Crippen molar-refractivity contribution in [2.24, 2.45) is 5.92 Å². The molecule has 0 bridgehead atoms. The first-order chi connectivity index (χ1) is 7.90. The molecule has 1 rings (SSSR count). The van der Waals surface area contributed by atoms with Crippen LogP contribution in [0.2, 0.25) is 0 Å². The van der Waals surface area contributed by atoms with Crippen molar-refractivity contribution in [3.05, 3.63) is 5.82 Å². The molecule has 0 radical (unpaired) electrons. The van der Waals surface area contributed by atoms with Crippen molar-refractivity contribution in [3.8, 4) is 0 Å². The summed E-state index contributed by atoms with van der Waals surface area (Å²) >= 11 is 0. The predicted molar refractivity (Wildman–Crippen MR) is 59.1 cm³/mol. The van der Waals surface area contributed by atoms with Crippen molar-refractivity contribution in [3.63, 3.8) is 0 Å². The molecule has 8 heteroatoms. The molecule has 1 atom stereocenters. The zero-order valence-electron chi connectivity index (χ0n) is 9.60. The van der Waals surface area contributed by atoms with Gasteiger partial charge in [0, 0.05) is 6.04 Å². The van der Waals surface area contributed by atoms with Gasteiger partial charge in [-0.2, -0.15) is 4.98 Å². The molecule has 17 heavy (non-hydrogen) atoms.